The van der Waals surface area contributed by atoms with Crippen molar-refractivity contribution in [1.29, 1.82) is 0 Å². The maximum absolute atomic E-state index is 10.5. The maximum Gasteiger partial charge on any atom is 0.271 e. The van der Waals surface area contributed by atoms with E-state index >= 15 is 0 Å². The fourth-order valence-electron chi connectivity index (χ4n) is 2.65. The number of hydrogen-bond donors (Lipinski definition) is 2. The van der Waals surface area contributed by atoms with Gasteiger partial charge < -0.3 is 10.6 Å². The molecule has 0 radical (unpaired) electrons. The molecule has 6 heteroatoms. The van der Waals surface area contributed by atoms with Crippen molar-refractivity contribution in [1.82, 2.24) is 0 Å². The van der Waals surface area contributed by atoms with E-state index in [0.717, 1.165) is 27.1 Å². The van der Waals surface area contributed by atoms with E-state index in [9.17, 15) is 5.11 Å². The molecule has 2 aromatic carbocycles. The van der Waals surface area contributed by atoms with Crippen LogP contribution in [0, 0.1) is 0 Å². The van der Waals surface area contributed by atoms with Gasteiger partial charge in [0.15, 0.2) is 5.70 Å². The lowest BCUT2D eigenvalue weighted by Crippen LogP contribution is -2.99. The largest absolute Gasteiger partial charge is 0.870 e. The van der Waals surface area contributed by atoms with Crippen molar-refractivity contribution in [2.24, 2.45) is 0 Å². The predicted octanol–water partition coefficient (Wildman–Crippen LogP) is 2.71. The maximum atomic E-state index is 10.5. The van der Waals surface area contributed by atoms with Crippen LogP contribution in [0.3, 0.4) is 0 Å². The van der Waals surface area contributed by atoms with Crippen molar-refractivity contribution < 1.29 is 16.1 Å². The van der Waals surface area contributed by atoms with E-state index in [0.29, 0.717) is 0 Å². The molecule has 0 saturated heterocycles. The fourth-order valence-corrected chi connectivity index (χ4v) is 3.20. The lowest BCUT2D eigenvalue weighted by atomic mass is 10.1. The molecule has 2 heterocycles. The number of quaternary nitrogens is 1. The topological polar surface area (TPSA) is 73.3 Å². The van der Waals surface area contributed by atoms with Gasteiger partial charge in [0.05, 0.1) is 0 Å². The first-order chi connectivity index (χ1) is 10.3. The summed E-state index contributed by atoms with van der Waals surface area (Å²) >= 11 is 3.58. The Labute approximate surface area is 136 Å². The Bertz CT molecular complexity index is 774. The van der Waals surface area contributed by atoms with Gasteiger partial charge in [0.2, 0.25) is 0 Å². The number of hydrogen-bond acceptors (Lipinski definition) is 4. The Balaban J connectivity index is 0.00000144. The second-order valence-corrected chi connectivity index (χ2v) is 5.76. The molecule has 4 rings (SSSR count). The molecule has 0 amide bonds. The molecule has 0 fully saturated rings. The molecule has 0 aromatic heterocycles. The summed E-state index contributed by atoms with van der Waals surface area (Å²) in [4.78, 5) is 0. The molecule has 0 atom stereocenters. The molecule has 5 nitrogen and oxygen atoms in total. The summed E-state index contributed by atoms with van der Waals surface area (Å²) < 4.78 is 0.971. The normalized spacial score (nSPS) is 16.0. The number of nitrogens with zero attached hydrogens (tertiary/aromatic N) is 2. The summed E-state index contributed by atoms with van der Waals surface area (Å²) in [6, 6.07) is 17.9. The van der Waals surface area contributed by atoms with Crippen LogP contribution < -0.4 is 15.6 Å². The standard InChI is InChI=1S/C16H12BrN3O.H2O/c17-13-10-15-16(21)19(11-6-2-1-3-7-11)18-20(15)14-9-5-4-8-12(13)14;/h1-10,18,21H;1H2. The van der Waals surface area contributed by atoms with Gasteiger partial charge in [-0.3, -0.25) is 0 Å². The molecular weight excluding hydrogens is 346 g/mol. The average Bonchev–Trinajstić information content (AvgIpc) is 2.86. The quantitative estimate of drug-likeness (QED) is 0.767. The summed E-state index contributed by atoms with van der Waals surface area (Å²) in [7, 11) is 0. The summed E-state index contributed by atoms with van der Waals surface area (Å²) in [5, 5.41) is 14.3. The van der Waals surface area contributed by atoms with E-state index in [2.05, 4.69) is 22.0 Å². The highest BCUT2D eigenvalue weighted by atomic mass is 79.9. The minimum Gasteiger partial charge on any atom is -0.870 e. The molecule has 0 unspecified atom stereocenters. The lowest BCUT2D eigenvalue weighted by Gasteiger charge is -2.23. The van der Waals surface area contributed by atoms with Crippen LogP contribution in [0.4, 0.5) is 11.4 Å². The lowest BCUT2D eigenvalue weighted by molar-refractivity contribution is -0.661. The molecule has 0 saturated carbocycles. The van der Waals surface area contributed by atoms with Crippen molar-refractivity contribution >= 4 is 31.8 Å². The van der Waals surface area contributed by atoms with Crippen LogP contribution in [-0.4, -0.2) is 10.6 Å². The average molecular weight is 360 g/mol. The van der Waals surface area contributed by atoms with Crippen LogP contribution in [-0.2, 0) is 0 Å². The molecule has 2 aliphatic heterocycles. The summed E-state index contributed by atoms with van der Waals surface area (Å²) in [6.07, 6.45) is 1.94. The summed E-state index contributed by atoms with van der Waals surface area (Å²) in [5.74, 6) is 0.229. The molecular formula is C16H14BrN3O2. The third-order valence-electron chi connectivity index (χ3n) is 3.67. The van der Waals surface area contributed by atoms with E-state index in [1.165, 1.54) is 0 Å². The van der Waals surface area contributed by atoms with Crippen molar-refractivity contribution in [3.8, 4) is 0 Å². The predicted molar refractivity (Wildman–Crippen MR) is 88.3 cm³/mol. The number of allylic oxidation sites excluding steroid dienone is 1. The van der Waals surface area contributed by atoms with Crippen LogP contribution in [0.25, 0.3) is 4.48 Å². The van der Waals surface area contributed by atoms with Gasteiger partial charge in [-0.15, -0.1) is 10.5 Å². The van der Waals surface area contributed by atoms with Crippen molar-refractivity contribution in [3.05, 3.63) is 77.8 Å². The summed E-state index contributed by atoms with van der Waals surface area (Å²) in [6.45, 7) is 0. The zero-order valence-electron chi connectivity index (χ0n) is 11.5. The minimum absolute atomic E-state index is 0. The first-order valence-electron chi connectivity index (χ1n) is 6.64. The molecule has 0 aliphatic carbocycles. The monoisotopic (exact) mass is 359 g/mol. The van der Waals surface area contributed by atoms with Gasteiger partial charge in [0.1, 0.15) is 11.4 Å². The Morgan fingerprint density at radius 2 is 1.59 bits per heavy atom. The van der Waals surface area contributed by atoms with Crippen LogP contribution in [0.5, 0.6) is 0 Å². The van der Waals surface area contributed by atoms with Gasteiger partial charge in [0, 0.05) is 10.0 Å². The van der Waals surface area contributed by atoms with Crippen LogP contribution in [0.1, 0.15) is 5.56 Å². The highest BCUT2D eigenvalue weighted by Crippen LogP contribution is 2.39. The fraction of sp³-hybridized carbons (Fsp3) is 0. The second kappa shape index (κ2) is 5.49. The third-order valence-corrected chi connectivity index (χ3v) is 4.32. The highest BCUT2D eigenvalue weighted by molar-refractivity contribution is 9.15. The van der Waals surface area contributed by atoms with Crippen LogP contribution in [0.15, 0.2) is 72.3 Å². The first kappa shape index (κ1) is 14.6. The summed E-state index contributed by atoms with van der Waals surface area (Å²) in [5.41, 5.74) is 5.77. The second-order valence-electron chi connectivity index (χ2n) is 4.91. The Morgan fingerprint density at radius 3 is 2.36 bits per heavy atom. The first-order valence-corrected chi connectivity index (χ1v) is 7.43. The number of fused-ring (bicyclic) bond motifs is 3. The van der Waals surface area contributed by atoms with E-state index in [1.54, 1.807) is 5.01 Å². The SMILES string of the molecule is OC1=C2C=C(Br)c3ccccc3N2[NH2+]N1c1ccccc1.[OH-]. The van der Waals surface area contributed by atoms with Gasteiger partial charge in [-0.2, -0.15) is 5.01 Å². The van der Waals surface area contributed by atoms with E-state index in [-0.39, 0.29) is 11.4 Å². The molecule has 22 heavy (non-hydrogen) atoms. The third kappa shape index (κ3) is 2.09. The van der Waals surface area contributed by atoms with Gasteiger partial charge in [-0.25, -0.2) is 0 Å². The molecule has 112 valence electrons. The smallest absolute Gasteiger partial charge is 0.271 e. The Hall–Kier alpha value is -2.28. The Kier molecular flexibility index (Phi) is 3.66. The van der Waals surface area contributed by atoms with Crippen LogP contribution >= 0.6 is 15.9 Å². The van der Waals surface area contributed by atoms with E-state index < -0.39 is 0 Å². The number of para-hydroxylation sites is 2. The highest BCUT2D eigenvalue weighted by Gasteiger charge is 2.38. The van der Waals surface area contributed by atoms with Gasteiger partial charge in [-0.05, 0) is 24.3 Å². The number of aliphatic hydroxyl groups is 1. The van der Waals surface area contributed by atoms with Crippen molar-refractivity contribution in [3.63, 3.8) is 0 Å². The van der Waals surface area contributed by atoms with Crippen molar-refractivity contribution in [2.45, 2.75) is 0 Å². The molecule has 2 aliphatic rings. The Morgan fingerprint density at radius 1 is 0.909 bits per heavy atom. The van der Waals surface area contributed by atoms with Gasteiger partial charge in [-0.1, -0.05) is 52.3 Å². The molecule has 2 aromatic rings. The van der Waals surface area contributed by atoms with E-state index in [4.69, 9.17) is 0 Å². The molecule has 0 bridgehead atoms. The number of anilines is 2. The number of aliphatic hydroxyl groups excluding tert-OH is 1. The van der Waals surface area contributed by atoms with Crippen LogP contribution in [0.2, 0.25) is 0 Å². The zero-order valence-corrected chi connectivity index (χ0v) is 13.1. The molecule has 4 N–H and O–H groups in total. The number of benzene rings is 2. The number of rotatable bonds is 1. The van der Waals surface area contributed by atoms with Gasteiger partial charge in [0.25, 0.3) is 5.88 Å². The minimum atomic E-state index is 0. The molecule has 0 spiro atoms. The number of nitrogens with two attached hydrogens (primary N) is 1. The number of halogens is 1. The van der Waals surface area contributed by atoms with Gasteiger partial charge >= 0.3 is 0 Å². The zero-order chi connectivity index (χ0) is 14.4. The van der Waals surface area contributed by atoms with Crippen molar-refractivity contribution in [2.75, 3.05) is 10.0 Å². The van der Waals surface area contributed by atoms with E-state index in [1.807, 2.05) is 65.2 Å².